The van der Waals surface area contributed by atoms with Crippen molar-refractivity contribution in [3.05, 3.63) is 12.2 Å². The van der Waals surface area contributed by atoms with Gasteiger partial charge < -0.3 is 0 Å². The first-order valence-corrected chi connectivity index (χ1v) is 6.43. The second-order valence-corrected chi connectivity index (χ2v) is 4.82. The molecular formula is C14H24O. The van der Waals surface area contributed by atoms with Gasteiger partial charge in [0, 0.05) is 12.3 Å². The number of carbonyl (C=O) groups is 1. The lowest BCUT2D eigenvalue weighted by Crippen LogP contribution is -2.19. The molecule has 1 nitrogen and oxygen atoms in total. The van der Waals surface area contributed by atoms with E-state index < -0.39 is 0 Å². The quantitative estimate of drug-likeness (QED) is 0.470. The van der Waals surface area contributed by atoms with Gasteiger partial charge in [-0.2, -0.15) is 0 Å². The summed E-state index contributed by atoms with van der Waals surface area (Å²) < 4.78 is 0. The molecule has 1 heteroatoms. The minimum atomic E-state index is 0.313. The molecule has 0 bridgehead atoms. The highest BCUT2D eigenvalue weighted by atomic mass is 16.1. The molecule has 1 unspecified atom stereocenters. The number of carbonyl (C=O) groups excluding carboxylic acids is 1. The van der Waals surface area contributed by atoms with Crippen LogP contribution in [-0.2, 0) is 4.79 Å². The summed E-state index contributed by atoms with van der Waals surface area (Å²) in [6.45, 7) is 6.32. The Kier molecular flexibility index (Phi) is 5.67. The molecule has 86 valence electrons. The van der Waals surface area contributed by atoms with E-state index in [1.165, 1.54) is 31.3 Å². The van der Waals surface area contributed by atoms with E-state index in [-0.39, 0.29) is 0 Å². The molecule has 0 amide bonds. The van der Waals surface area contributed by atoms with Gasteiger partial charge in [0.25, 0.3) is 0 Å². The monoisotopic (exact) mass is 208 g/mol. The lowest BCUT2D eigenvalue weighted by Gasteiger charge is -2.21. The van der Waals surface area contributed by atoms with Crippen LogP contribution in [0.4, 0.5) is 0 Å². The van der Waals surface area contributed by atoms with Crippen molar-refractivity contribution in [1.82, 2.24) is 0 Å². The summed E-state index contributed by atoms with van der Waals surface area (Å²) in [5.74, 6) is 0.797. The smallest absolute Gasteiger partial charge is 0.136 e. The Bertz CT molecular complexity index is 217. The molecule has 1 saturated carbocycles. The van der Waals surface area contributed by atoms with Crippen LogP contribution in [0.3, 0.4) is 0 Å². The second-order valence-electron chi connectivity index (χ2n) is 4.82. The van der Waals surface area contributed by atoms with Crippen LogP contribution >= 0.6 is 0 Å². The Balaban J connectivity index is 2.21. The van der Waals surface area contributed by atoms with Crippen molar-refractivity contribution in [2.24, 2.45) is 5.92 Å². The summed E-state index contributed by atoms with van der Waals surface area (Å²) in [4.78, 5) is 11.6. The summed E-state index contributed by atoms with van der Waals surface area (Å²) >= 11 is 0. The third-order valence-corrected chi connectivity index (χ3v) is 3.35. The number of rotatable bonds is 6. The maximum absolute atomic E-state index is 11.6. The van der Waals surface area contributed by atoms with E-state index in [9.17, 15) is 4.79 Å². The van der Waals surface area contributed by atoms with Gasteiger partial charge in [0.2, 0.25) is 0 Å². The standard InChI is InChI=1S/C14H24O/c1-3-4-5-8-12(2)11-13-9-6-7-10-14(13)15/h13H,2-11H2,1H3. The predicted octanol–water partition coefficient (Wildman–Crippen LogP) is 4.27. The number of hydrogen-bond acceptors (Lipinski definition) is 1. The van der Waals surface area contributed by atoms with Crippen molar-refractivity contribution >= 4 is 5.78 Å². The number of hydrogen-bond donors (Lipinski definition) is 0. The highest BCUT2D eigenvalue weighted by molar-refractivity contribution is 5.81. The van der Waals surface area contributed by atoms with Crippen LogP contribution in [0, 0.1) is 5.92 Å². The Hall–Kier alpha value is -0.590. The largest absolute Gasteiger partial charge is 0.299 e. The number of allylic oxidation sites excluding steroid dienone is 1. The zero-order valence-corrected chi connectivity index (χ0v) is 10.1. The van der Waals surface area contributed by atoms with Gasteiger partial charge in [0.05, 0.1) is 0 Å². The molecule has 0 radical (unpaired) electrons. The van der Waals surface area contributed by atoms with Gasteiger partial charge in [-0.05, 0) is 32.1 Å². The van der Waals surface area contributed by atoms with E-state index in [0.717, 1.165) is 32.1 Å². The van der Waals surface area contributed by atoms with Crippen molar-refractivity contribution < 1.29 is 4.79 Å². The minimum Gasteiger partial charge on any atom is -0.299 e. The molecule has 1 aliphatic carbocycles. The van der Waals surface area contributed by atoms with E-state index in [1.54, 1.807) is 0 Å². The van der Waals surface area contributed by atoms with Gasteiger partial charge in [-0.1, -0.05) is 38.3 Å². The van der Waals surface area contributed by atoms with E-state index in [1.807, 2.05) is 0 Å². The van der Waals surface area contributed by atoms with Crippen LogP contribution in [0.15, 0.2) is 12.2 Å². The highest BCUT2D eigenvalue weighted by Gasteiger charge is 2.22. The maximum Gasteiger partial charge on any atom is 0.136 e. The van der Waals surface area contributed by atoms with E-state index in [0.29, 0.717) is 11.7 Å². The molecule has 0 N–H and O–H groups in total. The van der Waals surface area contributed by atoms with Crippen molar-refractivity contribution in [2.45, 2.75) is 64.7 Å². The third-order valence-electron chi connectivity index (χ3n) is 3.35. The molecule has 0 aromatic carbocycles. The fourth-order valence-corrected chi connectivity index (χ4v) is 2.35. The van der Waals surface area contributed by atoms with Gasteiger partial charge >= 0.3 is 0 Å². The Morgan fingerprint density at radius 2 is 2.20 bits per heavy atom. The Labute approximate surface area is 93.9 Å². The summed E-state index contributed by atoms with van der Waals surface area (Å²) in [5, 5.41) is 0. The number of ketones is 1. The number of Topliss-reactive ketones (excluding diaryl/α,β-unsaturated/α-hetero) is 1. The van der Waals surface area contributed by atoms with Gasteiger partial charge in [0.15, 0.2) is 0 Å². The molecular weight excluding hydrogens is 184 g/mol. The van der Waals surface area contributed by atoms with E-state index >= 15 is 0 Å². The molecule has 0 saturated heterocycles. The summed E-state index contributed by atoms with van der Waals surface area (Å²) in [7, 11) is 0. The van der Waals surface area contributed by atoms with Crippen molar-refractivity contribution in [1.29, 1.82) is 0 Å². The van der Waals surface area contributed by atoms with Crippen LogP contribution in [-0.4, -0.2) is 5.78 Å². The Morgan fingerprint density at radius 1 is 1.40 bits per heavy atom. The minimum absolute atomic E-state index is 0.313. The fraction of sp³-hybridized carbons (Fsp3) is 0.786. The van der Waals surface area contributed by atoms with Gasteiger partial charge in [-0.15, -0.1) is 0 Å². The molecule has 1 atom stereocenters. The zero-order chi connectivity index (χ0) is 11.1. The second kappa shape index (κ2) is 6.81. The lowest BCUT2D eigenvalue weighted by atomic mass is 9.83. The SMILES string of the molecule is C=C(CCCCC)CC1CCCCC1=O. The third kappa shape index (κ3) is 4.63. The van der Waals surface area contributed by atoms with Crippen molar-refractivity contribution in [2.75, 3.05) is 0 Å². The molecule has 0 aliphatic heterocycles. The van der Waals surface area contributed by atoms with Crippen LogP contribution in [0.25, 0.3) is 0 Å². The van der Waals surface area contributed by atoms with Gasteiger partial charge in [0.1, 0.15) is 5.78 Å². The van der Waals surface area contributed by atoms with Crippen molar-refractivity contribution in [3.63, 3.8) is 0 Å². The first-order chi connectivity index (χ1) is 7.24. The molecule has 15 heavy (non-hydrogen) atoms. The van der Waals surface area contributed by atoms with Crippen molar-refractivity contribution in [3.8, 4) is 0 Å². The molecule has 0 spiro atoms. The zero-order valence-electron chi connectivity index (χ0n) is 10.1. The first-order valence-electron chi connectivity index (χ1n) is 6.43. The van der Waals surface area contributed by atoms with E-state index in [2.05, 4.69) is 13.5 Å². The van der Waals surface area contributed by atoms with E-state index in [4.69, 9.17) is 0 Å². The first kappa shape index (κ1) is 12.5. The Morgan fingerprint density at radius 3 is 2.87 bits per heavy atom. The average Bonchev–Trinajstić information content (AvgIpc) is 2.22. The van der Waals surface area contributed by atoms with Crippen LogP contribution < -0.4 is 0 Å². The maximum atomic E-state index is 11.6. The van der Waals surface area contributed by atoms with Crippen LogP contribution in [0.2, 0.25) is 0 Å². The summed E-state index contributed by atoms with van der Waals surface area (Å²) in [6, 6.07) is 0. The topological polar surface area (TPSA) is 17.1 Å². The molecule has 0 heterocycles. The van der Waals surface area contributed by atoms with Crippen LogP contribution in [0.5, 0.6) is 0 Å². The molecule has 1 rings (SSSR count). The van der Waals surface area contributed by atoms with Gasteiger partial charge in [-0.25, -0.2) is 0 Å². The normalized spacial score (nSPS) is 21.7. The molecule has 1 fully saturated rings. The highest BCUT2D eigenvalue weighted by Crippen LogP contribution is 2.27. The van der Waals surface area contributed by atoms with Gasteiger partial charge in [-0.3, -0.25) is 4.79 Å². The average molecular weight is 208 g/mol. The van der Waals surface area contributed by atoms with Crippen LogP contribution in [0.1, 0.15) is 64.7 Å². The predicted molar refractivity (Wildman–Crippen MR) is 64.9 cm³/mol. The molecule has 0 aromatic heterocycles. The fourth-order valence-electron chi connectivity index (χ4n) is 2.35. The lowest BCUT2D eigenvalue weighted by molar-refractivity contribution is -0.124. The summed E-state index contributed by atoms with van der Waals surface area (Å²) in [5.41, 5.74) is 1.30. The molecule has 1 aliphatic rings. The summed E-state index contributed by atoms with van der Waals surface area (Å²) in [6.07, 6.45) is 10.1. The molecule has 0 aromatic rings. The number of unbranched alkanes of at least 4 members (excludes halogenated alkanes) is 2.